The molecule has 12 nitrogen and oxygen atoms in total. The van der Waals surface area contributed by atoms with Gasteiger partial charge in [0.1, 0.15) is 12.4 Å². The summed E-state index contributed by atoms with van der Waals surface area (Å²) in [5, 5.41) is 12.4. The van der Waals surface area contributed by atoms with Crippen LogP contribution in [-0.4, -0.2) is 85.8 Å². The molecule has 1 fully saturated rings. The van der Waals surface area contributed by atoms with E-state index in [4.69, 9.17) is 35.3 Å². The van der Waals surface area contributed by atoms with E-state index in [0.29, 0.717) is 50.5 Å². The molecule has 1 N–H and O–H groups in total. The van der Waals surface area contributed by atoms with Crippen molar-refractivity contribution in [2.45, 2.75) is 69.5 Å². The third kappa shape index (κ3) is 7.37. The maximum atomic E-state index is 14.6. The number of hydrogen-bond acceptors (Lipinski definition) is 9. The number of anilines is 2. The first kappa shape index (κ1) is 38.6. The van der Waals surface area contributed by atoms with Crippen LogP contribution in [0.5, 0.6) is 17.2 Å². The molecular weight excluding hydrogens is 750 g/mol. The third-order valence-corrected chi connectivity index (χ3v) is 11.7. The minimum atomic E-state index is -0.973. The van der Waals surface area contributed by atoms with E-state index in [0.717, 1.165) is 40.3 Å². The van der Waals surface area contributed by atoms with Crippen LogP contribution in [0.2, 0.25) is 0 Å². The lowest BCUT2D eigenvalue weighted by Gasteiger charge is -2.43. The van der Waals surface area contributed by atoms with Gasteiger partial charge in [-0.1, -0.05) is 61.2 Å². The van der Waals surface area contributed by atoms with E-state index in [1.165, 1.54) is 18.1 Å². The number of amides is 3. The molecule has 4 heterocycles. The smallest absolute Gasteiger partial charge is 0.416 e. The number of ether oxygens (including phenoxy) is 5. The van der Waals surface area contributed by atoms with Gasteiger partial charge in [-0.2, -0.15) is 0 Å². The number of benzene rings is 4. The number of carbonyl (C=O) groups excluding carboxylic acids is 3. The molecule has 0 aromatic heterocycles. The Morgan fingerprint density at radius 2 is 1.81 bits per heavy atom. The summed E-state index contributed by atoms with van der Waals surface area (Å²) >= 11 is 6.40. The molecule has 0 aliphatic carbocycles. The molecule has 0 spiro atoms. The maximum Gasteiger partial charge on any atom is 0.416 e. The molecule has 4 aliphatic rings. The van der Waals surface area contributed by atoms with Gasteiger partial charge in [0.25, 0.3) is 5.91 Å². The minimum absolute atomic E-state index is 0.0566. The second-order valence-electron chi connectivity index (χ2n) is 14.7. The molecule has 298 valence electrons. The summed E-state index contributed by atoms with van der Waals surface area (Å²) in [6.07, 6.45) is 2.59. The molecule has 0 bridgehead atoms. The average Bonchev–Trinajstić information content (AvgIpc) is 3.58. The van der Waals surface area contributed by atoms with Gasteiger partial charge in [0.15, 0.2) is 24.0 Å². The largest absolute Gasteiger partial charge is 0.507 e. The van der Waals surface area contributed by atoms with Crippen molar-refractivity contribution in [3.63, 3.8) is 0 Å². The van der Waals surface area contributed by atoms with E-state index in [2.05, 4.69) is 6.58 Å². The number of alkyl halides is 1. The fraction of sp³-hybridized carbons (Fsp3) is 0.386. The summed E-state index contributed by atoms with van der Waals surface area (Å²) in [4.78, 5) is 47.4. The second kappa shape index (κ2) is 16.7. The van der Waals surface area contributed by atoms with Gasteiger partial charge in [-0.3, -0.25) is 9.59 Å². The fourth-order valence-corrected chi connectivity index (χ4v) is 8.79. The summed E-state index contributed by atoms with van der Waals surface area (Å²) < 4.78 is 30.4. The van der Waals surface area contributed by atoms with Crippen LogP contribution in [0.15, 0.2) is 79.4 Å². The van der Waals surface area contributed by atoms with Crippen LogP contribution in [-0.2, 0) is 32.0 Å². The van der Waals surface area contributed by atoms with Gasteiger partial charge >= 0.3 is 6.09 Å². The highest BCUT2D eigenvalue weighted by atomic mass is 35.5. The molecule has 1 saturated heterocycles. The zero-order valence-electron chi connectivity index (χ0n) is 31.9. The number of nitrogens with zero attached hydrogens (tertiary/aromatic N) is 3. The van der Waals surface area contributed by atoms with E-state index in [-0.39, 0.29) is 65.9 Å². The Hall–Kier alpha value is -5.30. The van der Waals surface area contributed by atoms with Gasteiger partial charge in [0, 0.05) is 55.4 Å². The van der Waals surface area contributed by atoms with Crippen LogP contribution in [0, 0.1) is 0 Å². The van der Waals surface area contributed by atoms with Crippen LogP contribution < -0.4 is 19.3 Å². The Bertz CT molecular complexity index is 2190. The lowest BCUT2D eigenvalue weighted by molar-refractivity contribution is -0.197. The Balaban J connectivity index is 1.08. The molecular formula is C44H46ClN3O9. The van der Waals surface area contributed by atoms with Crippen molar-refractivity contribution in [3.8, 4) is 17.2 Å². The molecule has 4 atom stereocenters. The molecule has 57 heavy (non-hydrogen) atoms. The van der Waals surface area contributed by atoms with Crippen molar-refractivity contribution in [3.05, 3.63) is 102 Å². The molecule has 0 radical (unpaired) electrons. The van der Waals surface area contributed by atoms with Gasteiger partial charge in [-0.05, 0) is 60.2 Å². The molecule has 3 amide bonds. The standard InChI is InChI=1S/C44H46ClN3O9/c1-3-17-56-44(52)48-33-23-38(54-19-10-15-39(50)46-26-29(24-45)41-31-14-7-6-13-30(31)36(49)22-34(41)46)37(53-2)21-32(33)42(51)47-25-28-12-5-4-11-27(28)20-35(47)43(48)57-40-16-8-9-18-55-40/h3-7,11-14,21-23,29,35,40,43,49H,1,8-10,15-20,24-26H2,2H3/t29-,35?,40?,43?/m1/s1. The quantitative estimate of drug-likeness (QED) is 0.0925. The highest BCUT2D eigenvalue weighted by Crippen LogP contribution is 2.46. The summed E-state index contributed by atoms with van der Waals surface area (Å²) in [7, 11) is 1.49. The van der Waals surface area contributed by atoms with Gasteiger partial charge in [-0.15, -0.1) is 11.6 Å². The second-order valence-corrected chi connectivity index (χ2v) is 15.0. The number of rotatable bonds is 11. The van der Waals surface area contributed by atoms with Crippen molar-refractivity contribution in [1.29, 1.82) is 0 Å². The number of hydrogen-bond donors (Lipinski definition) is 1. The summed E-state index contributed by atoms with van der Waals surface area (Å²) in [6, 6.07) is 19.8. The molecule has 13 heteroatoms. The minimum Gasteiger partial charge on any atom is -0.507 e. The average molecular weight is 796 g/mol. The SMILES string of the molecule is C=CCOC(=O)N1c2cc(OCCCC(=O)N3C[C@@H](CCl)c4c3cc(O)c3ccccc43)c(OC)cc2C(=O)N2Cc3ccccc3CC2C1OC1CCCCO1. The monoisotopic (exact) mass is 795 g/mol. The Morgan fingerprint density at radius 3 is 2.56 bits per heavy atom. The predicted molar refractivity (Wildman–Crippen MR) is 215 cm³/mol. The number of halogens is 1. The molecule has 3 unspecified atom stereocenters. The molecule has 8 rings (SSSR count). The number of carbonyl (C=O) groups is 3. The first-order valence-corrected chi connectivity index (χ1v) is 20.0. The molecule has 4 aromatic rings. The Kier molecular flexibility index (Phi) is 11.3. The van der Waals surface area contributed by atoms with Crippen molar-refractivity contribution >= 4 is 51.7 Å². The zero-order valence-corrected chi connectivity index (χ0v) is 32.6. The zero-order chi connectivity index (χ0) is 39.6. The van der Waals surface area contributed by atoms with E-state index in [1.807, 2.05) is 48.5 Å². The Morgan fingerprint density at radius 1 is 1.02 bits per heavy atom. The van der Waals surface area contributed by atoms with Crippen LogP contribution in [0.1, 0.15) is 65.1 Å². The van der Waals surface area contributed by atoms with Crippen molar-refractivity contribution in [2.75, 3.05) is 49.2 Å². The molecule has 0 saturated carbocycles. The van der Waals surface area contributed by atoms with Crippen LogP contribution in [0.4, 0.5) is 16.2 Å². The van der Waals surface area contributed by atoms with Crippen molar-refractivity contribution in [2.24, 2.45) is 0 Å². The lowest BCUT2D eigenvalue weighted by Crippen LogP contribution is -2.58. The number of methoxy groups -OCH3 is 1. The predicted octanol–water partition coefficient (Wildman–Crippen LogP) is 7.66. The van der Waals surface area contributed by atoms with E-state index in [1.54, 1.807) is 28.0 Å². The van der Waals surface area contributed by atoms with Crippen molar-refractivity contribution in [1.82, 2.24) is 4.90 Å². The van der Waals surface area contributed by atoms with Gasteiger partial charge in [-0.25, -0.2) is 9.69 Å². The highest BCUT2D eigenvalue weighted by molar-refractivity contribution is 6.19. The first-order valence-electron chi connectivity index (χ1n) is 19.5. The summed E-state index contributed by atoms with van der Waals surface area (Å²) in [6.45, 7) is 5.04. The third-order valence-electron chi connectivity index (χ3n) is 11.3. The topological polar surface area (TPSA) is 127 Å². The summed E-state index contributed by atoms with van der Waals surface area (Å²) in [5.74, 6) is 0.510. The lowest BCUT2D eigenvalue weighted by atomic mass is 9.92. The summed E-state index contributed by atoms with van der Waals surface area (Å²) in [5.41, 5.74) is 4.17. The Labute approximate surface area is 336 Å². The van der Waals surface area contributed by atoms with Crippen LogP contribution >= 0.6 is 11.6 Å². The fourth-order valence-electron chi connectivity index (χ4n) is 8.54. The number of phenolic OH excluding ortho intramolecular Hbond substituents is 1. The van der Waals surface area contributed by atoms with Crippen LogP contribution in [0.3, 0.4) is 0 Å². The van der Waals surface area contributed by atoms with Gasteiger partial charge in [0.05, 0.1) is 36.7 Å². The van der Waals surface area contributed by atoms with Crippen molar-refractivity contribution < 1.29 is 43.2 Å². The van der Waals surface area contributed by atoms with E-state index < -0.39 is 24.7 Å². The van der Waals surface area contributed by atoms with Gasteiger partial charge in [0.2, 0.25) is 5.91 Å². The molecule has 4 aromatic carbocycles. The van der Waals surface area contributed by atoms with Crippen LogP contribution in [0.25, 0.3) is 10.8 Å². The normalized spacial score (nSPS) is 21.2. The molecule has 4 aliphatic heterocycles. The number of aromatic hydroxyl groups is 1. The van der Waals surface area contributed by atoms with E-state index >= 15 is 0 Å². The number of phenols is 1. The van der Waals surface area contributed by atoms with Gasteiger partial charge < -0.3 is 38.6 Å². The first-order chi connectivity index (χ1) is 27.8. The maximum absolute atomic E-state index is 14.6. The number of fused-ring (bicyclic) bond motifs is 6. The van der Waals surface area contributed by atoms with E-state index in [9.17, 15) is 19.5 Å². The highest BCUT2D eigenvalue weighted by Gasteiger charge is 2.48.